The molecular formula is C22H23FN4O3. The van der Waals surface area contributed by atoms with E-state index in [0.717, 1.165) is 12.8 Å². The predicted octanol–water partition coefficient (Wildman–Crippen LogP) is 3.35. The first kappa shape index (κ1) is 20.0. The summed E-state index contributed by atoms with van der Waals surface area (Å²) < 4.78 is 18.9. The number of aromatic nitrogens is 2. The van der Waals surface area contributed by atoms with Gasteiger partial charge in [-0.3, -0.25) is 14.6 Å². The molecule has 8 heteroatoms. The van der Waals surface area contributed by atoms with Crippen molar-refractivity contribution < 1.29 is 18.5 Å². The second-order valence-electron chi connectivity index (χ2n) is 7.63. The fourth-order valence-electron chi connectivity index (χ4n) is 4.15. The first-order valence-corrected chi connectivity index (χ1v) is 10.0. The Morgan fingerprint density at radius 2 is 2.13 bits per heavy atom. The first-order valence-electron chi connectivity index (χ1n) is 10.0. The van der Waals surface area contributed by atoms with Crippen molar-refractivity contribution in [3.05, 3.63) is 58.4 Å². The maximum Gasteiger partial charge on any atom is 0.259 e. The zero-order valence-electron chi connectivity index (χ0n) is 16.9. The average Bonchev–Trinajstić information content (AvgIpc) is 3.12. The molecule has 3 aromatic rings. The smallest absolute Gasteiger partial charge is 0.259 e. The van der Waals surface area contributed by atoms with Crippen molar-refractivity contribution in [3.63, 3.8) is 0 Å². The van der Waals surface area contributed by atoms with Crippen molar-refractivity contribution in [3.8, 4) is 0 Å². The molecule has 7 nitrogen and oxygen atoms in total. The maximum atomic E-state index is 13.6. The molecule has 1 atom stereocenters. The molecule has 1 unspecified atom stereocenters. The van der Waals surface area contributed by atoms with Gasteiger partial charge >= 0.3 is 0 Å². The number of carbonyl (C=O) groups excluding carboxylic acids is 2. The van der Waals surface area contributed by atoms with E-state index in [1.54, 1.807) is 24.0 Å². The summed E-state index contributed by atoms with van der Waals surface area (Å²) in [5.41, 5.74) is 8.09. The number of fused-ring (bicyclic) bond motifs is 1. The lowest BCUT2D eigenvalue weighted by molar-refractivity contribution is 0.0703. The summed E-state index contributed by atoms with van der Waals surface area (Å²) in [4.78, 5) is 31.7. The number of carbonyl (C=O) groups is 2. The molecule has 156 valence electrons. The van der Waals surface area contributed by atoms with Crippen LogP contribution >= 0.6 is 0 Å². The van der Waals surface area contributed by atoms with Crippen molar-refractivity contribution in [1.29, 1.82) is 0 Å². The Labute approximate surface area is 173 Å². The fourth-order valence-corrected chi connectivity index (χ4v) is 4.15. The highest BCUT2D eigenvalue weighted by atomic mass is 19.1. The number of pyridine rings is 1. The Hall–Kier alpha value is -3.29. The number of hydrogen-bond acceptors (Lipinski definition) is 5. The van der Waals surface area contributed by atoms with Crippen molar-refractivity contribution in [1.82, 2.24) is 15.0 Å². The lowest BCUT2D eigenvalue weighted by Crippen LogP contribution is -2.40. The van der Waals surface area contributed by atoms with Gasteiger partial charge in [0.05, 0.1) is 22.5 Å². The molecule has 1 aliphatic rings. The lowest BCUT2D eigenvalue weighted by atomic mass is 9.90. The van der Waals surface area contributed by atoms with Crippen LogP contribution in [0.3, 0.4) is 0 Å². The van der Waals surface area contributed by atoms with Crippen LogP contribution in [0.5, 0.6) is 0 Å². The number of benzene rings is 1. The van der Waals surface area contributed by atoms with Gasteiger partial charge in [0.1, 0.15) is 17.1 Å². The van der Waals surface area contributed by atoms with Gasteiger partial charge in [-0.15, -0.1) is 0 Å². The summed E-state index contributed by atoms with van der Waals surface area (Å²) in [5.74, 6) is -0.722. The largest absolute Gasteiger partial charge is 0.366 e. The van der Waals surface area contributed by atoms with Crippen molar-refractivity contribution in [2.45, 2.75) is 39.0 Å². The number of hydrogen-bond donors (Lipinski definition) is 1. The van der Waals surface area contributed by atoms with Gasteiger partial charge in [0.2, 0.25) is 0 Å². The maximum absolute atomic E-state index is 13.6. The molecular weight excluding hydrogens is 387 g/mol. The van der Waals surface area contributed by atoms with E-state index in [4.69, 9.17) is 10.3 Å². The van der Waals surface area contributed by atoms with Crippen LogP contribution in [0.15, 0.2) is 28.8 Å². The summed E-state index contributed by atoms with van der Waals surface area (Å²) >= 11 is 0. The number of nitrogens with zero attached hydrogens (tertiary/aromatic N) is 3. The van der Waals surface area contributed by atoms with Crippen molar-refractivity contribution in [2.75, 3.05) is 13.1 Å². The van der Waals surface area contributed by atoms with E-state index >= 15 is 0 Å². The predicted molar refractivity (Wildman–Crippen MR) is 109 cm³/mol. The minimum Gasteiger partial charge on any atom is -0.366 e. The van der Waals surface area contributed by atoms with E-state index < -0.39 is 11.7 Å². The molecule has 1 fully saturated rings. The molecule has 2 amide bonds. The molecule has 0 saturated carbocycles. The minimum atomic E-state index is -0.616. The highest BCUT2D eigenvalue weighted by Crippen LogP contribution is 2.31. The summed E-state index contributed by atoms with van der Waals surface area (Å²) in [6.07, 6.45) is 2.12. The number of aryl methyl sites for hydroxylation is 2. The van der Waals surface area contributed by atoms with Crippen molar-refractivity contribution in [2.24, 2.45) is 5.73 Å². The molecule has 2 aromatic heterocycles. The minimum absolute atomic E-state index is 0.126. The molecule has 1 aromatic carbocycles. The molecule has 3 heterocycles. The molecule has 0 bridgehead atoms. The van der Waals surface area contributed by atoms with Gasteiger partial charge in [-0.1, -0.05) is 12.1 Å². The number of amides is 2. The Balaban J connectivity index is 1.69. The van der Waals surface area contributed by atoms with Gasteiger partial charge in [-0.05, 0) is 44.0 Å². The topological polar surface area (TPSA) is 102 Å². The number of halogens is 1. The van der Waals surface area contributed by atoms with E-state index in [1.807, 2.05) is 6.92 Å². The van der Waals surface area contributed by atoms with E-state index in [2.05, 4.69) is 10.1 Å². The van der Waals surface area contributed by atoms with Crippen LogP contribution in [0.2, 0.25) is 0 Å². The van der Waals surface area contributed by atoms with Crippen LogP contribution in [0.1, 0.15) is 63.5 Å². The van der Waals surface area contributed by atoms with E-state index in [-0.39, 0.29) is 17.4 Å². The Morgan fingerprint density at radius 1 is 1.33 bits per heavy atom. The normalized spacial score (nSPS) is 16.8. The first-order chi connectivity index (χ1) is 14.4. The zero-order chi connectivity index (χ0) is 21.4. The SMILES string of the molecule is CCc1onc(C)c1C(=O)N1CCCC(c2nc3ccc(F)cc3cc2C(N)=O)C1. The Bertz CT molecular complexity index is 1140. The van der Waals surface area contributed by atoms with Gasteiger partial charge in [0.25, 0.3) is 11.8 Å². The zero-order valence-corrected chi connectivity index (χ0v) is 16.9. The van der Waals surface area contributed by atoms with Crippen LogP contribution in [0, 0.1) is 12.7 Å². The van der Waals surface area contributed by atoms with Crippen LogP contribution in [-0.2, 0) is 6.42 Å². The third kappa shape index (κ3) is 3.53. The van der Waals surface area contributed by atoms with E-state index in [1.165, 1.54) is 12.1 Å². The monoisotopic (exact) mass is 410 g/mol. The summed E-state index contributed by atoms with van der Waals surface area (Å²) in [5, 5.41) is 4.45. The highest BCUT2D eigenvalue weighted by Gasteiger charge is 2.31. The van der Waals surface area contributed by atoms with E-state index in [0.29, 0.717) is 53.1 Å². The third-order valence-corrected chi connectivity index (χ3v) is 5.64. The van der Waals surface area contributed by atoms with Gasteiger partial charge in [0.15, 0.2) is 0 Å². The molecule has 2 N–H and O–H groups in total. The molecule has 30 heavy (non-hydrogen) atoms. The van der Waals surface area contributed by atoms with Gasteiger partial charge in [-0.2, -0.15) is 0 Å². The summed E-state index contributed by atoms with van der Waals surface area (Å²) in [6, 6.07) is 5.83. The second kappa shape index (κ2) is 7.85. The van der Waals surface area contributed by atoms with Gasteiger partial charge in [-0.25, -0.2) is 4.39 Å². The number of piperidine rings is 1. The fraction of sp³-hybridized carbons (Fsp3) is 0.364. The van der Waals surface area contributed by atoms with Crippen LogP contribution in [0.4, 0.5) is 4.39 Å². The van der Waals surface area contributed by atoms with E-state index in [9.17, 15) is 14.0 Å². The molecule has 0 spiro atoms. The molecule has 0 radical (unpaired) electrons. The summed E-state index contributed by atoms with van der Waals surface area (Å²) in [7, 11) is 0. The molecule has 0 aliphatic carbocycles. The Morgan fingerprint density at radius 3 is 2.87 bits per heavy atom. The van der Waals surface area contributed by atoms with Crippen LogP contribution < -0.4 is 5.73 Å². The van der Waals surface area contributed by atoms with Crippen LogP contribution in [-0.4, -0.2) is 39.9 Å². The van der Waals surface area contributed by atoms with Gasteiger partial charge < -0.3 is 15.2 Å². The highest BCUT2D eigenvalue weighted by molar-refractivity contribution is 5.98. The second-order valence-corrected chi connectivity index (χ2v) is 7.63. The number of primary amides is 1. The number of likely N-dealkylation sites (tertiary alicyclic amines) is 1. The average molecular weight is 410 g/mol. The number of rotatable bonds is 4. The molecule has 4 rings (SSSR count). The Kier molecular flexibility index (Phi) is 5.24. The third-order valence-electron chi connectivity index (χ3n) is 5.64. The lowest BCUT2D eigenvalue weighted by Gasteiger charge is -2.33. The molecule has 1 saturated heterocycles. The van der Waals surface area contributed by atoms with Gasteiger partial charge in [0, 0.05) is 30.8 Å². The summed E-state index contributed by atoms with van der Waals surface area (Å²) in [6.45, 7) is 4.68. The standard InChI is InChI=1S/C22H23FN4O3/c1-3-18-19(12(2)26-30-18)22(29)27-8-4-5-13(11-27)20-16(21(24)28)10-14-9-15(23)6-7-17(14)25-20/h6-7,9-10,13H,3-5,8,11H2,1-2H3,(H2,24,28). The van der Waals surface area contributed by atoms with Crippen molar-refractivity contribution >= 4 is 22.7 Å². The molecule has 1 aliphatic heterocycles. The number of nitrogens with two attached hydrogens (primary N) is 1. The quantitative estimate of drug-likeness (QED) is 0.711. The van der Waals surface area contributed by atoms with Crippen LogP contribution in [0.25, 0.3) is 10.9 Å².